The molecule has 1 rings (SSSR count). The highest BCUT2D eigenvalue weighted by atomic mass is 16.2. The zero-order valence-corrected chi connectivity index (χ0v) is 11.9. The lowest BCUT2D eigenvalue weighted by Crippen LogP contribution is -2.30. The van der Waals surface area contributed by atoms with E-state index in [1.165, 1.54) is 0 Å². The second-order valence-corrected chi connectivity index (χ2v) is 4.33. The van der Waals surface area contributed by atoms with E-state index in [0.717, 1.165) is 32.5 Å². The molecule has 0 atom stereocenters. The number of hydrogen-bond acceptors (Lipinski definition) is 3. The standard InChI is InChI=1S/C14H24N4O/c1-3-18(4-2)12-8-7-11-16-14(19)17-13-9-5-6-10-15-13/h5-6,9-10H,3-4,7-8,11-12H2,1-2H3,(H2,15,16,17,19). The Morgan fingerprint density at radius 3 is 2.68 bits per heavy atom. The van der Waals surface area contributed by atoms with Crippen LogP contribution < -0.4 is 10.6 Å². The van der Waals surface area contributed by atoms with Crippen LogP contribution in [0.5, 0.6) is 0 Å². The maximum atomic E-state index is 11.5. The third-order valence-corrected chi connectivity index (χ3v) is 2.99. The van der Waals surface area contributed by atoms with Gasteiger partial charge in [0, 0.05) is 12.7 Å². The minimum atomic E-state index is -0.193. The molecule has 0 aliphatic heterocycles. The Hall–Kier alpha value is -1.62. The first-order valence-corrected chi connectivity index (χ1v) is 6.94. The van der Waals surface area contributed by atoms with Crippen LogP contribution in [0.4, 0.5) is 10.6 Å². The van der Waals surface area contributed by atoms with E-state index in [4.69, 9.17) is 0 Å². The van der Waals surface area contributed by atoms with Gasteiger partial charge < -0.3 is 10.2 Å². The van der Waals surface area contributed by atoms with Gasteiger partial charge in [-0.1, -0.05) is 19.9 Å². The molecule has 1 aromatic heterocycles. The van der Waals surface area contributed by atoms with E-state index < -0.39 is 0 Å². The van der Waals surface area contributed by atoms with Gasteiger partial charge >= 0.3 is 6.03 Å². The van der Waals surface area contributed by atoms with Gasteiger partial charge in [0.05, 0.1) is 0 Å². The molecule has 0 aliphatic rings. The van der Waals surface area contributed by atoms with Crippen molar-refractivity contribution < 1.29 is 4.79 Å². The summed E-state index contributed by atoms with van der Waals surface area (Å²) in [7, 11) is 0. The summed E-state index contributed by atoms with van der Waals surface area (Å²) in [5.74, 6) is 0.572. The van der Waals surface area contributed by atoms with Gasteiger partial charge in [-0.05, 0) is 44.6 Å². The van der Waals surface area contributed by atoms with Crippen molar-refractivity contribution in [3.05, 3.63) is 24.4 Å². The average molecular weight is 264 g/mol. The molecule has 0 radical (unpaired) electrons. The van der Waals surface area contributed by atoms with Crippen LogP contribution in [0.25, 0.3) is 0 Å². The maximum Gasteiger partial charge on any atom is 0.320 e. The molecule has 106 valence electrons. The molecule has 0 bridgehead atoms. The highest BCUT2D eigenvalue weighted by molar-refractivity contribution is 5.88. The lowest BCUT2D eigenvalue weighted by atomic mass is 10.3. The van der Waals surface area contributed by atoms with Gasteiger partial charge in [-0.25, -0.2) is 9.78 Å². The van der Waals surface area contributed by atoms with Crippen LogP contribution in [-0.4, -0.2) is 42.1 Å². The van der Waals surface area contributed by atoms with Crippen LogP contribution in [0.2, 0.25) is 0 Å². The van der Waals surface area contributed by atoms with Gasteiger partial charge in [-0.2, -0.15) is 0 Å². The fourth-order valence-corrected chi connectivity index (χ4v) is 1.80. The topological polar surface area (TPSA) is 57.3 Å². The van der Waals surface area contributed by atoms with Crippen molar-refractivity contribution >= 4 is 11.8 Å². The Morgan fingerprint density at radius 2 is 2.05 bits per heavy atom. The number of unbranched alkanes of at least 4 members (excludes halogenated alkanes) is 1. The molecule has 0 saturated heterocycles. The van der Waals surface area contributed by atoms with Crippen molar-refractivity contribution in [3.63, 3.8) is 0 Å². The number of carbonyl (C=O) groups excluding carboxylic acids is 1. The first-order chi connectivity index (χ1) is 9.26. The van der Waals surface area contributed by atoms with Crippen LogP contribution >= 0.6 is 0 Å². The molecule has 2 amide bonds. The Kier molecular flexibility index (Phi) is 7.58. The molecule has 0 aromatic carbocycles. The predicted octanol–water partition coefficient (Wildman–Crippen LogP) is 2.33. The van der Waals surface area contributed by atoms with E-state index in [-0.39, 0.29) is 6.03 Å². The lowest BCUT2D eigenvalue weighted by molar-refractivity contribution is 0.251. The van der Waals surface area contributed by atoms with E-state index in [0.29, 0.717) is 12.4 Å². The Labute approximate surface area is 115 Å². The van der Waals surface area contributed by atoms with Crippen molar-refractivity contribution in [2.24, 2.45) is 0 Å². The molecule has 1 heterocycles. The number of anilines is 1. The van der Waals surface area contributed by atoms with Crippen molar-refractivity contribution in [1.29, 1.82) is 0 Å². The first-order valence-electron chi connectivity index (χ1n) is 6.94. The van der Waals surface area contributed by atoms with Crippen molar-refractivity contribution in [2.75, 3.05) is 31.5 Å². The minimum Gasteiger partial charge on any atom is -0.338 e. The number of hydrogen-bond donors (Lipinski definition) is 2. The highest BCUT2D eigenvalue weighted by Crippen LogP contribution is 1.99. The molecule has 0 spiro atoms. The smallest absolute Gasteiger partial charge is 0.320 e. The number of nitrogens with zero attached hydrogens (tertiary/aromatic N) is 2. The van der Waals surface area contributed by atoms with Crippen LogP contribution in [0.1, 0.15) is 26.7 Å². The number of carbonyl (C=O) groups is 1. The summed E-state index contributed by atoms with van der Waals surface area (Å²) in [5, 5.41) is 5.52. The van der Waals surface area contributed by atoms with Crippen molar-refractivity contribution in [1.82, 2.24) is 15.2 Å². The Bertz CT molecular complexity index is 352. The summed E-state index contributed by atoms with van der Waals surface area (Å²) >= 11 is 0. The molecule has 0 aliphatic carbocycles. The van der Waals surface area contributed by atoms with Gasteiger partial charge in [0.1, 0.15) is 5.82 Å². The van der Waals surface area contributed by atoms with Crippen LogP contribution in [0.15, 0.2) is 24.4 Å². The number of aromatic nitrogens is 1. The zero-order valence-electron chi connectivity index (χ0n) is 11.9. The minimum absolute atomic E-state index is 0.193. The monoisotopic (exact) mass is 264 g/mol. The molecule has 0 unspecified atom stereocenters. The van der Waals surface area contributed by atoms with Gasteiger partial charge in [0.2, 0.25) is 0 Å². The van der Waals surface area contributed by atoms with E-state index in [9.17, 15) is 4.79 Å². The van der Waals surface area contributed by atoms with Crippen LogP contribution in [-0.2, 0) is 0 Å². The third kappa shape index (κ3) is 6.76. The van der Waals surface area contributed by atoms with E-state index in [1.807, 2.05) is 12.1 Å². The number of rotatable bonds is 8. The average Bonchev–Trinajstić information content (AvgIpc) is 2.44. The molecular weight excluding hydrogens is 240 g/mol. The lowest BCUT2D eigenvalue weighted by Gasteiger charge is -2.17. The Morgan fingerprint density at radius 1 is 1.26 bits per heavy atom. The molecule has 5 nitrogen and oxygen atoms in total. The fraction of sp³-hybridized carbons (Fsp3) is 0.571. The largest absolute Gasteiger partial charge is 0.338 e. The summed E-state index contributed by atoms with van der Waals surface area (Å²) in [4.78, 5) is 18.0. The maximum absolute atomic E-state index is 11.5. The van der Waals surface area contributed by atoms with E-state index in [2.05, 4.69) is 34.4 Å². The van der Waals surface area contributed by atoms with E-state index >= 15 is 0 Å². The molecule has 0 fully saturated rings. The number of nitrogens with one attached hydrogen (secondary N) is 2. The molecule has 2 N–H and O–H groups in total. The summed E-state index contributed by atoms with van der Waals surface area (Å²) in [6, 6.07) is 5.23. The predicted molar refractivity (Wildman–Crippen MR) is 78.3 cm³/mol. The first kappa shape index (κ1) is 15.4. The number of urea groups is 1. The SMILES string of the molecule is CCN(CC)CCCCNC(=O)Nc1ccccn1. The normalized spacial score (nSPS) is 10.5. The molecule has 5 heteroatoms. The van der Waals surface area contributed by atoms with Gasteiger partial charge in [0.25, 0.3) is 0 Å². The zero-order chi connectivity index (χ0) is 13.9. The fourth-order valence-electron chi connectivity index (χ4n) is 1.80. The van der Waals surface area contributed by atoms with Gasteiger partial charge in [0.15, 0.2) is 0 Å². The number of pyridine rings is 1. The quantitative estimate of drug-likeness (QED) is 0.708. The molecule has 1 aromatic rings. The molecular formula is C14H24N4O. The number of amides is 2. The second-order valence-electron chi connectivity index (χ2n) is 4.33. The highest BCUT2D eigenvalue weighted by Gasteiger charge is 2.02. The van der Waals surface area contributed by atoms with Crippen LogP contribution in [0, 0.1) is 0 Å². The molecule has 19 heavy (non-hydrogen) atoms. The van der Waals surface area contributed by atoms with E-state index in [1.54, 1.807) is 12.3 Å². The van der Waals surface area contributed by atoms with Gasteiger partial charge in [-0.3, -0.25) is 5.32 Å². The summed E-state index contributed by atoms with van der Waals surface area (Å²) in [6.45, 7) is 8.30. The van der Waals surface area contributed by atoms with Crippen molar-refractivity contribution in [2.45, 2.75) is 26.7 Å². The van der Waals surface area contributed by atoms with Crippen LogP contribution in [0.3, 0.4) is 0 Å². The summed E-state index contributed by atoms with van der Waals surface area (Å²) in [5.41, 5.74) is 0. The van der Waals surface area contributed by atoms with Gasteiger partial charge in [-0.15, -0.1) is 0 Å². The summed E-state index contributed by atoms with van der Waals surface area (Å²) in [6.07, 6.45) is 3.75. The molecule has 0 saturated carbocycles. The third-order valence-electron chi connectivity index (χ3n) is 2.99. The second kappa shape index (κ2) is 9.33. The summed E-state index contributed by atoms with van der Waals surface area (Å²) < 4.78 is 0. The van der Waals surface area contributed by atoms with Crippen molar-refractivity contribution in [3.8, 4) is 0 Å². The Balaban J connectivity index is 2.08.